The zero-order valence-corrected chi connectivity index (χ0v) is 17.4. The molecule has 2 aliphatic rings. The van der Waals surface area contributed by atoms with E-state index in [-0.39, 0.29) is 0 Å². The van der Waals surface area contributed by atoms with Crippen LogP contribution in [-0.2, 0) is 22.3 Å². The quantitative estimate of drug-likeness (QED) is 0.644. The summed E-state index contributed by atoms with van der Waals surface area (Å²) < 4.78 is 10.6. The Balaban J connectivity index is 1.69. The molecular weight excluding hydrogens is 364 g/mol. The monoisotopic (exact) mass is 394 g/mol. The summed E-state index contributed by atoms with van der Waals surface area (Å²) in [6.07, 6.45) is 8.97. The van der Waals surface area contributed by atoms with Crippen LogP contribution in [-0.4, -0.2) is 36.3 Å². The van der Waals surface area contributed by atoms with Crippen molar-refractivity contribution < 1.29 is 14.3 Å². The molecule has 2 aromatic rings. The number of benzene rings is 1. The van der Waals surface area contributed by atoms with E-state index in [1.54, 1.807) is 0 Å². The van der Waals surface area contributed by atoms with Crippen molar-refractivity contribution in [3.05, 3.63) is 58.2 Å². The van der Waals surface area contributed by atoms with E-state index in [1.165, 1.54) is 23.8 Å². The molecule has 154 valence electrons. The Morgan fingerprint density at radius 1 is 1.17 bits per heavy atom. The maximum Gasteiger partial charge on any atom is 0.358 e. The summed E-state index contributed by atoms with van der Waals surface area (Å²) in [7, 11) is 1.41. The highest BCUT2D eigenvalue weighted by atomic mass is 16.5. The van der Waals surface area contributed by atoms with Crippen molar-refractivity contribution in [2.75, 3.05) is 20.3 Å². The lowest BCUT2D eigenvalue weighted by atomic mass is 9.84. The average molecular weight is 395 g/mol. The van der Waals surface area contributed by atoms with E-state index in [0.29, 0.717) is 29.6 Å². The van der Waals surface area contributed by atoms with Gasteiger partial charge in [0.05, 0.1) is 18.5 Å². The molecule has 0 radical (unpaired) electrons. The molecular formula is C24H30N2O3. The van der Waals surface area contributed by atoms with Crippen LogP contribution in [0.3, 0.4) is 0 Å². The standard InChI is InChI=1S/C24H30N2O3/c1-3-5-19-18(6-4-7-20(19)16-10-12-29-13-11-16)14-21-23(24(27)28-2)26-22(15-25-21)17-8-9-17/h4,6-7,15-17H,3,5,8-14H2,1-2H3. The summed E-state index contributed by atoms with van der Waals surface area (Å²) >= 11 is 0. The van der Waals surface area contributed by atoms with Crippen molar-refractivity contribution in [1.82, 2.24) is 9.97 Å². The van der Waals surface area contributed by atoms with Gasteiger partial charge in [0.15, 0.2) is 5.69 Å². The van der Waals surface area contributed by atoms with Gasteiger partial charge in [0.2, 0.25) is 0 Å². The molecule has 29 heavy (non-hydrogen) atoms. The van der Waals surface area contributed by atoms with E-state index in [0.717, 1.165) is 57.4 Å². The average Bonchev–Trinajstić information content (AvgIpc) is 3.61. The topological polar surface area (TPSA) is 61.3 Å². The van der Waals surface area contributed by atoms with Crippen LogP contribution in [0.5, 0.6) is 0 Å². The smallest absolute Gasteiger partial charge is 0.358 e. The Bertz CT molecular complexity index is 870. The zero-order chi connectivity index (χ0) is 20.2. The van der Waals surface area contributed by atoms with Gasteiger partial charge in [0.1, 0.15) is 0 Å². The van der Waals surface area contributed by atoms with Gasteiger partial charge in [-0.05, 0) is 54.7 Å². The van der Waals surface area contributed by atoms with Crippen molar-refractivity contribution >= 4 is 5.97 Å². The summed E-state index contributed by atoms with van der Waals surface area (Å²) in [6.45, 7) is 3.89. The molecule has 1 saturated carbocycles. The Hall–Kier alpha value is -2.27. The third-order valence-electron chi connectivity index (χ3n) is 6.07. The summed E-state index contributed by atoms with van der Waals surface area (Å²) in [5, 5.41) is 0. The van der Waals surface area contributed by atoms with Crippen LogP contribution in [0, 0.1) is 0 Å². The fraction of sp³-hybridized carbons (Fsp3) is 0.542. The number of carbonyl (C=O) groups excluding carboxylic acids is 1. The molecule has 0 spiro atoms. The van der Waals surface area contributed by atoms with Gasteiger partial charge in [-0.1, -0.05) is 31.5 Å². The third-order valence-corrected chi connectivity index (χ3v) is 6.07. The number of esters is 1. The van der Waals surface area contributed by atoms with Crippen LogP contribution in [0.4, 0.5) is 0 Å². The van der Waals surface area contributed by atoms with E-state index in [2.05, 4.69) is 35.1 Å². The Kier molecular flexibility index (Phi) is 6.24. The zero-order valence-electron chi connectivity index (χ0n) is 17.4. The number of hydrogen-bond acceptors (Lipinski definition) is 5. The first-order chi connectivity index (χ1) is 14.2. The van der Waals surface area contributed by atoms with Gasteiger partial charge in [-0.3, -0.25) is 4.98 Å². The SMILES string of the molecule is CCCc1c(Cc2ncc(C3CC3)nc2C(=O)OC)cccc1C1CCOCC1. The Labute approximate surface area is 172 Å². The Morgan fingerprint density at radius 3 is 2.66 bits per heavy atom. The third kappa shape index (κ3) is 4.50. The van der Waals surface area contributed by atoms with E-state index >= 15 is 0 Å². The van der Waals surface area contributed by atoms with Crippen molar-refractivity contribution in [3.8, 4) is 0 Å². The molecule has 1 saturated heterocycles. The van der Waals surface area contributed by atoms with Crippen LogP contribution in [0.25, 0.3) is 0 Å². The number of ether oxygens (including phenoxy) is 2. The van der Waals surface area contributed by atoms with Crippen LogP contribution >= 0.6 is 0 Å². The van der Waals surface area contributed by atoms with E-state index in [4.69, 9.17) is 9.47 Å². The van der Waals surface area contributed by atoms with Gasteiger partial charge in [-0.2, -0.15) is 0 Å². The molecule has 2 fully saturated rings. The minimum Gasteiger partial charge on any atom is -0.464 e. The minimum atomic E-state index is -0.396. The number of nitrogens with zero attached hydrogens (tertiary/aromatic N) is 2. The summed E-state index contributed by atoms with van der Waals surface area (Å²) in [5.74, 6) is 0.605. The lowest BCUT2D eigenvalue weighted by Gasteiger charge is -2.26. The van der Waals surface area contributed by atoms with Gasteiger partial charge in [-0.25, -0.2) is 9.78 Å². The predicted molar refractivity (Wildman–Crippen MR) is 111 cm³/mol. The molecule has 0 bridgehead atoms. The number of hydrogen-bond donors (Lipinski definition) is 0. The van der Waals surface area contributed by atoms with Gasteiger partial charge in [0.25, 0.3) is 0 Å². The molecule has 0 unspecified atom stereocenters. The first-order valence-corrected chi connectivity index (χ1v) is 10.8. The fourth-order valence-corrected chi connectivity index (χ4v) is 4.34. The van der Waals surface area contributed by atoms with Crippen molar-refractivity contribution in [2.24, 2.45) is 0 Å². The molecule has 0 amide bonds. The van der Waals surface area contributed by atoms with Crippen molar-refractivity contribution in [3.63, 3.8) is 0 Å². The van der Waals surface area contributed by atoms with Crippen molar-refractivity contribution in [2.45, 2.75) is 63.7 Å². The fourth-order valence-electron chi connectivity index (χ4n) is 4.34. The van der Waals surface area contributed by atoms with Crippen LogP contribution in [0.1, 0.15) is 89.4 Å². The molecule has 4 rings (SSSR count). The summed E-state index contributed by atoms with van der Waals surface area (Å²) in [5.41, 5.74) is 6.09. The molecule has 0 atom stereocenters. The van der Waals surface area contributed by atoms with Gasteiger partial charge in [0, 0.05) is 31.7 Å². The minimum absolute atomic E-state index is 0.371. The molecule has 1 aliphatic heterocycles. The second kappa shape index (κ2) is 9.04. The maximum absolute atomic E-state index is 12.4. The Morgan fingerprint density at radius 2 is 1.97 bits per heavy atom. The maximum atomic E-state index is 12.4. The second-order valence-electron chi connectivity index (χ2n) is 8.15. The van der Waals surface area contributed by atoms with E-state index < -0.39 is 5.97 Å². The molecule has 1 aromatic heterocycles. The number of methoxy groups -OCH3 is 1. The number of rotatable bonds is 7. The lowest BCUT2D eigenvalue weighted by Crippen LogP contribution is -2.17. The molecule has 5 heteroatoms. The summed E-state index contributed by atoms with van der Waals surface area (Å²) in [4.78, 5) is 21.7. The van der Waals surface area contributed by atoms with Gasteiger partial charge >= 0.3 is 5.97 Å². The summed E-state index contributed by atoms with van der Waals surface area (Å²) in [6, 6.07) is 6.59. The first-order valence-electron chi connectivity index (χ1n) is 10.8. The molecule has 2 heterocycles. The highest BCUT2D eigenvalue weighted by Gasteiger charge is 2.28. The van der Waals surface area contributed by atoms with Crippen LogP contribution in [0.2, 0.25) is 0 Å². The molecule has 1 aliphatic carbocycles. The van der Waals surface area contributed by atoms with Crippen LogP contribution < -0.4 is 0 Å². The highest BCUT2D eigenvalue weighted by molar-refractivity contribution is 5.88. The molecule has 0 N–H and O–H groups in total. The first kappa shape index (κ1) is 20.0. The van der Waals surface area contributed by atoms with E-state index in [9.17, 15) is 4.79 Å². The number of carbonyl (C=O) groups is 1. The van der Waals surface area contributed by atoms with Gasteiger partial charge in [-0.15, -0.1) is 0 Å². The molecule has 5 nitrogen and oxygen atoms in total. The number of aromatic nitrogens is 2. The predicted octanol–water partition coefficient (Wildman–Crippen LogP) is 4.58. The van der Waals surface area contributed by atoms with Crippen molar-refractivity contribution in [1.29, 1.82) is 0 Å². The molecule has 1 aromatic carbocycles. The largest absolute Gasteiger partial charge is 0.464 e. The second-order valence-corrected chi connectivity index (χ2v) is 8.15. The van der Waals surface area contributed by atoms with E-state index in [1.807, 2.05) is 6.20 Å². The lowest BCUT2D eigenvalue weighted by molar-refractivity contribution is 0.0591. The van der Waals surface area contributed by atoms with Gasteiger partial charge < -0.3 is 9.47 Å². The highest BCUT2D eigenvalue weighted by Crippen LogP contribution is 2.39. The van der Waals surface area contributed by atoms with Crippen LogP contribution in [0.15, 0.2) is 24.4 Å². The normalized spacial score (nSPS) is 17.3.